The van der Waals surface area contributed by atoms with Crippen LogP contribution in [0.1, 0.15) is 35.1 Å². The molecular formula is C19H22N2. The van der Waals surface area contributed by atoms with Crippen LogP contribution in [-0.2, 0) is 6.42 Å². The summed E-state index contributed by atoms with van der Waals surface area (Å²) in [6.45, 7) is 2.13. The third-order valence-corrected chi connectivity index (χ3v) is 4.82. The van der Waals surface area contributed by atoms with Crippen molar-refractivity contribution in [3.63, 3.8) is 0 Å². The maximum Gasteiger partial charge on any atom is 0.0449 e. The predicted molar refractivity (Wildman–Crippen MR) is 86.5 cm³/mol. The first-order chi connectivity index (χ1) is 10.4. The van der Waals surface area contributed by atoms with Gasteiger partial charge in [0.25, 0.3) is 0 Å². The van der Waals surface area contributed by atoms with E-state index in [0.29, 0.717) is 18.0 Å². The standard InChI is InChI=1S/C19H22N2/c1-2-6-14(7-3-1)17-12-18(17)21-13-19-16-9-5-4-8-15(16)10-11-20-19/h1-9,17-21H,10-13H2. The maximum absolute atomic E-state index is 3.75. The summed E-state index contributed by atoms with van der Waals surface area (Å²) < 4.78 is 0. The van der Waals surface area contributed by atoms with Gasteiger partial charge in [0.1, 0.15) is 0 Å². The van der Waals surface area contributed by atoms with Crippen LogP contribution in [0.4, 0.5) is 0 Å². The molecule has 1 aliphatic heterocycles. The van der Waals surface area contributed by atoms with Gasteiger partial charge in [-0.25, -0.2) is 0 Å². The number of benzene rings is 2. The molecule has 0 saturated heterocycles. The van der Waals surface area contributed by atoms with E-state index in [2.05, 4.69) is 65.2 Å². The zero-order chi connectivity index (χ0) is 14.1. The van der Waals surface area contributed by atoms with E-state index >= 15 is 0 Å². The van der Waals surface area contributed by atoms with Crippen molar-refractivity contribution in [2.75, 3.05) is 13.1 Å². The number of hydrogen-bond acceptors (Lipinski definition) is 2. The van der Waals surface area contributed by atoms with Gasteiger partial charge in [0.2, 0.25) is 0 Å². The fraction of sp³-hybridized carbons (Fsp3) is 0.368. The molecule has 1 fully saturated rings. The molecule has 21 heavy (non-hydrogen) atoms. The molecular weight excluding hydrogens is 256 g/mol. The summed E-state index contributed by atoms with van der Waals surface area (Å²) >= 11 is 0. The lowest BCUT2D eigenvalue weighted by molar-refractivity contribution is 0.465. The Morgan fingerprint density at radius 3 is 2.71 bits per heavy atom. The number of rotatable bonds is 4. The fourth-order valence-corrected chi connectivity index (χ4v) is 3.53. The molecule has 2 N–H and O–H groups in total. The van der Waals surface area contributed by atoms with Crippen LogP contribution in [0.3, 0.4) is 0 Å². The van der Waals surface area contributed by atoms with Gasteiger partial charge in [0.05, 0.1) is 0 Å². The summed E-state index contributed by atoms with van der Waals surface area (Å²) in [5.74, 6) is 0.713. The highest BCUT2D eigenvalue weighted by Crippen LogP contribution is 2.40. The summed E-state index contributed by atoms with van der Waals surface area (Å²) in [7, 11) is 0. The van der Waals surface area contributed by atoms with E-state index in [1.165, 1.54) is 23.1 Å². The monoisotopic (exact) mass is 278 g/mol. The smallest absolute Gasteiger partial charge is 0.0449 e. The van der Waals surface area contributed by atoms with Gasteiger partial charge in [-0.1, -0.05) is 54.6 Å². The van der Waals surface area contributed by atoms with Gasteiger partial charge in [-0.2, -0.15) is 0 Å². The molecule has 3 unspecified atom stereocenters. The Labute approximate surface area is 126 Å². The molecule has 4 rings (SSSR count). The lowest BCUT2D eigenvalue weighted by atomic mass is 9.94. The Bertz CT molecular complexity index is 608. The topological polar surface area (TPSA) is 24.1 Å². The van der Waals surface area contributed by atoms with Gasteiger partial charge in [0.15, 0.2) is 0 Å². The van der Waals surface area contributed by atoms with Crippen molar-refractivity contribution in [2.24, 2.45) is 0 Å². The van der Waals surface area contributed by atoms with E-state index in [1.807, 2.05) is 0 Å². The Morgan fingerprint density at radius 1 is 1.00 bits per heavy atom. The molecule has 1 heterocycles. The van der Waals surface area contributed by atoms with E-state index in [9.17, 15) is 0 Å². The Balaban J connectivity index is 1.37. The molecule has 2 nitrogen and oxygen atoms in total. The lowest BCUT2D eigenvalue weighted by Gasteiger charge is -2.27. The quantitative estimate of drug-likeness (QED) is 0.898. The highest BCUT2D eigenvalue weighted by Gasteiger charge is 2.38. The lowest BCUT2D eigenvalue weighted by Crippen LogP contribution is -2.37. The van der Waals surface area contributed by atoms with E-state index in [-0.39, 0.29) is 0 Å². The molecule has 3 atom stereocenters. The molecule has 0 aromatic heterocycles. The summed E-state index contributed by atoms with van der Waals surface area (Å²) in [4.78, 5) is 0. The second-order valence-electron chi connectivity index (χ2n) is 6.22. The predicted octanol–water partition coefficient (Wildman–Crippen LogP) is 3.02. The van der Waals surface area contributed by atoms with Crippen LogP contribution in [0.15, 0.2) is 54.6 Å². The minimum Gasteiger partial charge on any atom is -0.311 e. The van der Waals surface area contributed by atoms with Crippen LogP contribution < -0.4 is 10.6 Å². The molecule has 2 aromatic carbocycles. The van der Waals surface area contributed by atoms with Crippen molar-refractivity contribution >= 4 is 0 Å². The van der Waals surface area contributed by atoms with Gasteiger partial charge >= 0.3 is 0 Å². The van der Waals surface area contributed by atoms with Crippen LogP contribution >= 0.6 is 0 Å². The number of hydrogen-bond donors (Lipinski definition) is 2. The summed E-state index contributed by atoms with van der Waals surface area (Å²) in [6, 6.07) is 20.9. The van der Waals surface area contributed by atoms with E-state index in [4.69, 9.17) is 0 Å². The van der Waals surface area contributed by atoms with Gasteiger partial charge in [-0.3, -0.25) is 0 Å². The second-order valence-corrected chi connectivity index (χ2v) is 6.22. The second kappa shape index (κ2) is 5.63. The molecule has 0 bridgehead atoms. The summed E-state index contributed by atoms with van der Waals surface area (Å²) in [5.41, 5.74) is 4.47. The molecule has 1 aliphatic carbocycles. The Kier molecular flexibility index (Phi) is 3.50. The first-order valence-corrected chi connectivity index (χ1v) is 8.01. The van der Waals surface area contributed by atoms with Crippen molar-refractivity contribution < 1.29 is 0 Å². The molecule has 0 amide bonds. The molecule has 2 aliphatic rings. The molecule has 1 saturated carbocycles. The third kappa shape index (κ3) is 2.74. The van der Waals surface area contributed by atoms with E-state index in [1.54, 1.807) is 0 Å². The SMILES string of the molecule is c1ccc(C2CC2NCC2NCCc3ccccc32)cc1. The fourth-order valence-electron chi connectivity index (χ4n) is 3.53. The van der Waals surface area contributed by atoms with Gasteiger partial charge in [-0.15, -0.1) is 0 Å². The first-order valence-electron chi connectivity index (χ1n) is 8.01. The molecule has 108 valence electrons. The average Bonchev–Trinajstić information content (AvgIpc) is 3.33. The van der Waals surface area contributed by atoms with Gasteiger partial charge < -0.3 is 10.6 Å². The third-order valence-electron chi connectivity index (χ3n) is 4.82. The molecule has 0 radical (unpaired) electrons. The Morgan fingerprint density at radius 2 is 1.81 bits per heavy atom. The number of nitrogens with one attached hydrogen (secondary N) is 2. The molecule has 2 aromatic rings. The van der Waals surface area contributed by atoms with E-state index < -0.39 is 0 Å². The minimum absolute atomic E-state index is 0.465. The van der Waals surface area contributed by atoms with Crippen molar-refractivity contribution in [1.29, 1.82) is 0 Å². The van der Waals surface area contributed by atoms with Gasteiger partial charge in [-0.05, 0) is 36.1 Å². The van der Waals surface area contributed by atoms with Crippen molar-refractivity contribution in [1.82, 2.24) is 10.6 Å². The highest BCUT2D eigenvalue weighted by molar-refractivity contribution is 5.33. The van der Waals surface area contributed by atoms with Crippen LogP contribution in [0, 0.1) is 0 Å². The molecule has 0 spiro atoms. The zero-order valence-corrected chi connectivity index (χ0v) is 12.3. The van der Waals surface area contributed by atoms with Crippen molar-refractivity contribution in [2.45, 2.75) is 30.8 Å². The highest BCUT2D eigenvalue weighted by atomic mass is 15.0. The Hall–Kier alpha value is -1.64. The van der Waals surface area contributed by atoms with Crippen LogP contribution in [0.5, 0.6) is 0 Å². The van der Waals surface area contributed by atoms with Gasteiger partial charge in [0, 0.05) is 24.5 Å². The minimum atomic E-state index is 0.465. The van der Waals surface area contributed by atoms with Crippen molar-refractivity contribution in [3.8, 4) is 0 Å². The number of fused-ring (bicyclic) bond motifs is 1. The largest absolute Gasteiger partial charge is 0.311 e. The molecule has 2 heteroatoms. The van der Waals surface area contributed by atoms with E-state index in [0.717, 1.165) is 19.5 Å². The van der Waals surface area contributed by atoms with Crippen LogP contribution in [-0.4, -0.2) is 19.1 Å². The normalized spacial score (nSPS) is 27.1. The van der Waals surface area contributed by atoms with Crippen LogP contribution in [0.25, 0.3) is 0 Å². The maximum atomic E-state index is 3.75. The van der Waals surface area contributed by atoms with Crippen molar-refractivity contribution in [3.05, 3.63) is 71.3 Å². The zero-order valence-electron chi connectivity index (χ0n) is 12.3. The summed E-state index contributed by atoms with van der Waals surface area (Å²) in [5, 5.41) is 7.40. The first kappa shape index (κ1) is 13.1. The van der Waals surface area contributed by atoms with Crippen LogP contribution in [0.2, 0.25) is 0 Å². The summed E-state index contributed by atoms with van der Waals surface area (Å²) in [6.07, 6.45) is 2.43. The average molecular weight is 278 g/mol.